The van der Waals surface area contributed by atoms with Gasteiger partial charge in [-0.2, -0.15) is 13.9 Å². The largest absolute Gasteiger partial charge is 0.479 e. The van der Waals surface area contributed by atoms with Crippen LogP contribution in [0, 0.1) is 38.5 Å². The van der Waals surface area contributed by atoms with Crippen molar-refractivity contribution in [2.45, 2.75) is 58.9 Å². The number of hydrogen-bond donors (Lipinski definition) is 1. The second-order valence-corrected chi connectivity index (χ2v) is 14.2. The number of likely N-dealkylation sites (tertiary alicyclic amines) is 3. The highest BCUT2D eigenvalue weighted by molar-refractivity contribution is 6.31. The molecule has 1 aromatic carbocycles. The van der Waals surface area contributed by atoms with Gasteiger partial charge in [0, 0.05) is 79.6 Å². The van der Waals surface area contributed by atoms with Crippen molar-refractivity contribution in [1.29, 1.82) is 0 Å². The van der Waals surface area contributed by atoms with Gasteiger partial charge in [-0.3, -0.25) is 14.4 Å². The van der Waals surface area contributed by atoms with E-state index >= 15 is 0 Å². The predicted octanol–water partition coefficient (Wildman–Crippen LogP) is 3.84. The summed E-state index contributed by atoms with van der Waals surface area (Å²) in [6.45, 7) is 10.5. The summed E-state index contributed by atoms with van der Waals surface area (Å²) in [4.78, 5) is 72.5. The number of aromatic nitrogens is 2. The Kier molecular flexibility index (Phi) is 11.3. The van der Waals surface area contributed by atoms with Crippen molar-refractivity contribution in [2.75, 3.05) is 57.3 Å². The minimum atomic E-state index is -4.80. The Bertz CT molecular complexity index is 1680. The van der Waals surface area contributed by atoms with Gasteiger partial charge in [-0.05, 0) is 76.1 Å². The smallest absolute Gasteiger partial charge is 0.420 e. The summed E-state index contributed by atoms with van der Waals surface area (Å²) in [7, 11) is 0. The lowest BCUT2D eigenvalue weighted by Crippen LogP contribution is -2.44. The maximum atomic E-state index is 14.6. The number of nitrogens with zero attached hydrogens (tertiary/aromatic N) is 6. The molecule has 3 unspecified atom stereocenters. The highest BCUT2D eigenvalue weighted by Gasteiger charge is 2.56. The van der Waals surface area contributed by atoms with Crippen LogP contribution in [0.3, 0.4) is 0 Å². The van der Waals surface area contributed by atoms with Crippen molar-refractivity contribution >= 4 is 46.9 Å². The Morgan fingerprint density at radius 2 is 1.67 bits per heavy atom. The number of aliphatic carboxylic acids is 1. The van der Waals surface area contributed by atoms with Crippen molar-refractivity contribution in [3.63, 3.8) is 0 Å². The molecule has 3 fully saturated rings. The number of amides is 3. The zero-order valence-corrected chi connectivity index (χ0v) is 29.7. The minimum Gasteiger partial charge on any atom is -0.479 e. The summed E-state index contributed by atoms with van der Waals surface area (Å²) >= 11 is 6.44. The monoisotopic (exact) mass is 738 g/mol. The topological polar surface area (TPSA) is 146 Å². The van der Waals surface area contributed by atoms with Gasteiger partial charge >= 0.3 is 17.9 Å². The highest BCUT2D eigenvalue weighted by Crippen LogP contribution is 2.36. The average Bonchev–Trinajstić information content (AvgIpc) is 3.74. The third-order valence-electron chi connectivity index (χ3n) is 10.4. The fourth-order valence-electron chi connectivity index (χ4n) is 7.63. The van der Waals surface area contributed by atoms with Gasteiger partial charge in [-0.25, -0.2) is 19.2 Å². The van der Waals surface area contributed by atoms with E-state index in [4.69, 9.17) is 11.6 Å². The lowest BCUT2D eigenvalue weighted by molar-refractivity contribution is -0.219. The Labute approximate surface area is 298 Å². The SMILES string of the molecule is CC(=O)N1CCC(C(=O)N(CCCN2CC3CN(C(=O)c4c(C)nn(C(C(=O)O)C(F)(F)C(=O)OF)c4C)CC3C2)c2ccc(C)c(Cl)c2)CC1. The Morgan fingerprint density at radius 1 is 1.04 bits per heavy atom. The van der Waals surface area contributed by atoms with Crippen LogP contribution in [0.2, 0.25) is 5.02 Å². The Hall–Kier alpha value is -4.18. The molecular weight excluding hydrogens is 697 g/mol. The van der Waals surface area contributed by atoms with Crippen molar-refractivity contribution in [1.82, 2.24) is 24.5 Å². The molecule has 0 bridgehead atoms. The highest BCUT2D eigenvalue weighted by atomic mass is 35.5. The molecule has 0 saturated carbocycles. The number of carboxylic acids is 1. The molecule has 13 nitrogen and oxygen atoms in total. The van der Waals surface area contributed by atoms with Crippen molar-refractivity contribution in [2.24, 2.45) is 17.8 Å². The number of aryl methyl sites for hydroxylation is 2. The van der Waals surface area contributed by atoms with Gasteiger partial charge in [0.1, 0.15) is 0 Å². The van der Waals surface area contributed by atoms with Crippen molar-refractivity contribution in [3.8, 4) is 0 Å². The summed E-state index contributed by atoms with van der Waals surface area (Å²) in [5.41, 5.74) is 1.37. The van der Waals surface area contributed by atoms with Gasteiger partial charge < -0.3 is 24.7 Å². The average molecular weight is 739 g/mol. The number of rotatable bonds is 11. The summed E-state index contributed by atoms with van der Waals surface area (Å²) in [5, 5.41) is 13.9. The van der Waals surface area contributed by atoms with Crippen LogP contribution in [0.25, 0.3) is 0 Å². The third kappa shape index (κ3) is 7.71. The normalized spacial score (nSPS) is 20.3. The Balaban J connectivity index is 1.20. The molecule has 1 aromatic heterocycles. The van der Waals surface area contributed by atoms with Crippen LogP contribution in [-0.4, -0.2) is 118 Å². The quantitative estimate of drug-likeness (QED) is 0.364. The standard InChI is InChI=1S/C34H42ClF3N6O7/c1-19-6-7-26(14-27(19)35)43(30(46)23-8-12-41(13-9-23)22(4)45)11-5-10-40-15-24-17-42(18-25(24)16-40)31(47)28-20(2)39-44(21(28)3)29(32(48)49)34(36,37)33(50)51-38/h6-7,14,23-25,29H,5,8-13,15-18H2,1-4H3,(H,48,49). The second kappa shape index (κ2) is 15.2. The first-order chi connectivity index (χ1) is 24.0. The van der Waals surface area contributed by atoms with Crippen LogP contribution in [0.4, 0.5) is 19.0 Å². The number of hydrogen-bond acceptors (Lipinski definition) is 8. The molecule has 3 saturated heterocycles. The van der Waals surface area contributed by atoms with E-state index in [2.05, 4.69) is 14.9 Å². The lowest BCUT2D eigenvalue weighted by atomic mass is 9.94. The van der Waals surface area contributed by atoms with Crippen molar-refractivity contribution < 1.29 is 47.3 Å². The molecule has 3 aliphatic heterocycles. The van der Waals surface area contributed by atoms with Crippen LogP contribution in [0.5, 0.6) is 0 Å². The number of carbonyl (C=O) groups excluding carboxylic acids is 4. The van der Waals surface area contributed by atoms with Crippen LogP contribution < -0.4 is 4.90 Å². The molecule has 1 N–H and O–H groups in total. The van der Waals surface area contributed by atoms with Crippen LogP contribution in [-0.2, 0) is 24.1 Å². The van der Waals surface area contributed by atoms with E-state index in [1.807, 2.05) is 25.1 Å². The number of fused-ring (bicyclic) bond motifs is 1. The number of benzene rings is 1. The molecule has 3 amide bonds. The Morgan fingerprint density at radius 3 is 2.22 bits per heavy atom. The van der Waals surface area contributed by atoms with Gasteiger partial charge in [0.2, 0.25) is 17.9 Å². The lowest BCUT2D eigenvalue weighted by Gasteiger charge is -2.34. The first-order valence-corrected chi connectivity index (χ1v) is 17.3. The number of anilines is 1. The molecule has 4 heterocycles. The van der Waals surface area contributed by atoms with Crippen LogP contribution in [0.15, 0.2) is 18.2 Å². The molecule has 0 aliphatic carbocycles. The van der Waals surface area contributed by atoms with E-state index in [-0.39, 0.29) is 46.5 Å². The first kappa shape index (κ1) is 38.1. The number of carboxylic acid groups (broad SMARTS) is 1. The van der Waals surface area contributed by atoms with E-state index < -0.39 is 29.8 Å². The number of alkyl halides is 2. The summed E-state index contributed by atoms with van der Waals surface area (Å²) < 4.78 is 41.8. The fraction of sp³-hybridized carbons (Fsp3) is 0.588. The molecule has 51 heavy (non-hydrogen) atoms. The van der Waals surface area contributed by atoms with E-state index in [0.717, 1.165) is 11.3 Å². The van der Waals surface area contributed by atoms with Gasteiger partial charge in [0.15, 0.2) is 0 Å². The fourth-order valence-corrected chi connectivity index (χ4v) is 7.80. The molecule has 0 spiro atoms. The van der Waals surface area contributed by atoms with E-state index in [1.165, 1.54) is 20.8 Å². The molecular formula is C34H42ClF3N6O7. The second-order valence-electron chi connectivity index (χ2n) is 13.8. The maximum absolute atomic E-state index is 14.6. The molecule has 3 aliphatic rings. The van der Waals surface area contributed by atoms with Gasteiger partial charge in [0.05, 0.1) is 11.3 Å². The van der Waals surface area contributed by atoms with Crippen LogP contribution >= 0.6 is 11.6 Å². The summed E-state index contributed by atoms with van der Waals surface area (Å²) in [6, 6.07) is 2.67. The van der Waals surface area contributed by atoms with Gasteiger partial charge in [-0.15, -0.1) is 0 Å². The zero-order chi connectivity index (χ0) is 37.4. The van der Waals surface area contributed by atoms with Crippen LogP contribution in [0.1, 0.15) is 59.5 Å². The predicted molar refractivity (Wildman–Crippen MR) is 178 cm³/mol. The minimum absolute atomic E-state index is 0.00437. The molecule has 17 heteroatoms. The van der Waals surface area contributed by atoms with Gasteiger partial charge in [0.25, 0.3) is 5.91 Å². The maximum Gasteiger partial charge on any atom is 0.420 e. The van der Waals surface area contributed by atoms with E-state index in [1.54, 1.807) is 14.7 Å². The van der Waals surface area contributed by atoms with Gasteiger partial charge in [-0.1, -0.05) is 17.7 Å². The van der Waals surface area contributed by atoms with E-state index in [9.17, 15) is 42.4 Å². The molecule has 278 valence electrons. The van der Waals surface area contributed by atoms with Crippen molar-refractivity contribution in [3.05, 3.63) is 45.7 Å². The zero-order valence-electron chi connectivity index (χ0n) is 28.9. The number of halogens is 4. The molecule has 2 aromatic rings. The summed E-state index contributed by atoms with van der Waals surface area (Å²) in [6.07, 6.45) is 1.88. The molecule has 5 rings (SSSR count). The summed E-state index contributed by atoms with van der Waals surface area (Å²) in [5.74, 6) is -10.0. The molecule has 3 atom stereocenters. The molecule has 0 radical (unpaired) electrons. The number of carbonyl (C=O) groups is 5. The first-order valence-electron chi connectivity index (χ1n) is 16.9. The van der Waals surface area contributed by atoms with E-state index in [0.29, 0.717) is 81.3 Å². The third-order valence-corrected chi connectivity index (χ3v) is 10.8. The number of piperidine rings is 1.